The number of methoxy groups -OCH3 is 1. The smallest absolute Gasteiger partial charge is 0.173 e. The molecule has 0 saturated carbocycles. The maximum Gasteiger partial charge on any atom is 0.173 e. The van der Waals surface area contributed by atoms with Crippen LogP contribution < -0.4 is 10.5 Å². The topological polar surface area (TPSA) is 52.3 Å². The minimum atomic E-state index is -0.519. The number of ketones is 1. The highest BCUT2D eigenvalue weighted by Gasteiger charge is 2.32. The third kappa shape index (κ3) is 2.41. The van der Waals surface area contributed by atoms with E-state index in [1.54, 1.807) is 7.11 Å². The van der Waals surface area contributed by atoms with E-state index < -0.39 is 5.41 Å². The molecule has 0 spiro atoms. The maximum atomic E-state index is 12.6. The van der Waals surface area contributed by atoms with E-state index in [0.717, 1.165) is 17.5 Å². The fourth-order valence-electron chi connectivity index (χ4n) is 1.95. The monoisotopic (exact) mass is 249 g/mol. The first kappa shape index (κ1) is 14.7. The van der Waals surface area contributed by atoms with Crippen molar-refractivity contribution in [1.82, 2.24) is 0 Å². The lowest BCUT2D eigenvalue weighted by Gasteiger charge is -2.26. The molecule has 18 heavy (non-hydrogen) atoms. The van der Waals surface area contributed by atoms with E-state index in [4.69, 9.17) is 10.5 Å². The Kier molecular flexibility index (Phi) is 4.52. The van der Waals surface area contributed by atoms with Gasteiger partial charge in [0, 0.05) is 12.0 Å². The van der Waals surface area contributed by atoms with Crippen LogP contribution in [0.2, 0.25) is 0 Å². The van der Waals surface area contributed by atoms with Crippen LogP contribution in [0, 0.1) is 19.3 Å². The number of ether oxygens (including phenoxy) is 1. The molecular formula is C15H23NO2. The van der Waals surface area contributed by atoms with Gasteiger partial charge in [-0.05, 0) is 37.5 Å². The molecule has 0 aliphatic heterocycles. The second kappa shape index (κ2) is 5.53. The number of hydrogen-bond acceptors (Lipinski definition) is 3. The Labute approximate surface area is 109 Å². The Morgan fingerprint density at radius 3 is 2.44 bits per heavy atom. The van der Waals surface area contributed by atoms with Gasteiger partial charge in [-0.1, -0.05) is 19.9 Å². The summed E-state index contributed by atoms with van der Waals surface area (Å²) in [5.74, 6) is 0.737. The predicted octanol–water partition coefficient (Wildman–Crippen LogP) is 2.87. The van der Waals surface area contributed by atoms with E-state index in [1.807, 2.05) is 39.8 Å². The molecule has 3 heteroatoms. The molecule has 0 aliphatic carbocycles. The first-order valence-electron chi connectivity index (χ1n) is 6.30. The van der Waals surface area contributed by atoms with Gasteiger partial charge in [-0.15, -0.1) is 0 Å². The van der Waals surface area contributed by atoms with E-state index in [0.29, 0.717) is 17.9 Å². The lowest BCUT2D eigenvalue weighted by atomic mass is 9.79. The van der Waals surface area contributed by atoms with Gasteiger partial charge >= 0.3 is 0 Å². The van der Waals surface area contributed by atoms with E-state index in [-0.39, 0.29) is 5.78 Å². The van der Waals surface area contributed by atoms with Crippen LogP contribution in [0.25, 0.3) is 0 Å². The molecule has 0 aromatic heterocycles. The standard InChI is InChI=1S/C15H23NO2/c1-6-15(4,9-16)14(17)12-8-7-10(2)11(3)13(12)18-5/h7-8H,6,9,16H2,1-5H3. The zero-order chi connectivity index (χ0) is 13.9. The molecule has 2 N–H and O–H groups in total. The van der Waals surface area contributed by atoms with Crippen molar-refractivity contribution in [2.45, 2.75) is 34.1 Å². The van der Waals surface area contributed by atoms with Crippen molar-refractivity contribution < 1.29 is 9.53 Å². The first-order valence-corrected chi connectivity index (χ1v) is 6.30. The van der Waals surface area contributed by atoms with Crippen LogP contribution in [0.15, 0.2) is 12.1 Å². The van der Waals surface area contributed by atoms with Crippen LogP contribution >= 0.6 is 0 Å². The Hall–Kier alpha value is -1.35. The number of carbonyl (C=O) groups excluding carboxylic acids is 1. The largest absolute Gasteiger partial charge is 0.496 e. The lowest BCUT2D eigenvalue weighted by molar-refractivity contribution is 0.0816. The fourth-order valence-corrected chi connectivity index (χ4v) is 1.95. The van der Waals surface area contributed by atoms with Crippen molar-refractivity contribution in [3.63, 3.8) is 0 Å². The molecule has 1 aromatic rings. The second-order valence-electron chi connectivity index (χ2n) is 5.04. The quantitative estimate of drug-likeness (QED) is 0.816. The van der Waals surface area contributed by atoms with E-state index >= 15 is 0 Å². The normalized spacial score (nSPS) is 14.1. The zero-order valence-electron chi connectivity index (χ0n) is 12.0. The highest BCUT2D eigenvalue weighted by Crippen LogP contribution is 2.33. The highest BCUT2D eigenvalue weighted by molar-refractivity contribution is 6.03. The number of Topliss-reactive ketones (excluding diaryl/α,β-unsaturated/α-hetero) is 1. The summed E-state index contributed by atoms with van der Waals surface area (Å²) in [6.45, 7) is 8.21. The molecule has 1 unspecified atom stereocenters. The fraction of sp³-hybridized carbons (Fsp3) is 0.533. The average Bonchev–Trinajstić information content (AvgIpc) is 2.39. The summed E-state index contributed by atoms with van der Waals surface area (Å²) in [4.78, 5) is 12.6. The van der Waals surface area contributed by atoms with Gasteiger partial charge in [0.15, 0.2) is 5.78 Å². The Balaban J connectivity index is 3.34. The summed E-state index contributed by atoms with van der Waals surface area (Å²) in [5.41, 5.74) is 8.00. The van der Waals surface area contributed by atoms with Crippen molar-refractivity contribution in [3.8, 4) is 5.75 Å². The van der Waals surface area contributed by atoms with E-state index in [2.05, 4.69) is 0 Å². The molecule has 0 fully saturated rings. The summed E-state index contributed by atoms with van der Waals surface area (Å²) < 4.78 is 5.40. The first-order chi connectivity index (χ1) is 8.41. The third-order valence-corrected chi connectivity index (χ3v) is 3.90. The maximum absolute atomic E-state index is 12.6. The van der Waals surface area contributed by atoms with Gasteiger partial charge in [-0.3, -0.25) is 4.79 Å². The van der Waals surface area contributed by atoms with Crippen LogP contribution in [0.3, 0.4) is 0 Å². The summed E-state index contributed by atoms with van der Waals surface area (Å²) in [5, 5.41) is 0. The molecule has 1 atom stereocenters. The van der Waals surface area contributed by atoms with Gasteiger partial charge in [0.25, 0.3) is 0 Å². The van der Waals surface area contributed by atoms with Crippen molar-refractivity contribution >= 4 is 5.78 Å². The molecule has 0 radical (unpaired) electrons. The number of carbonyl (C=O) groups is 1. The van der Waals surface area contributed by atoms with Crippen molar-refractivity contribution in [3.05, 3.63) is 28.8 Å². The average molecular weight is 249 g/mol. The number of hydrogen-bond donors (Lipinski definition) is 1. The molecule has 0 amide bonds. The Morgan fingerprint density at radius 1 is 1.39 bits per heavy atom. The van der Waals surface area contributed by atoms with Gasteiger partial charge in [0.05, 0.1) is 12.7 Å². The van der Waals surface area contributed by atoms with Crippen LogP contribution in [0.5, 0.6) is 5.75 Å². The summed E-state index contributed by atoms with van der Waals surface area (Å²) in [6.07, 6.45) is 0.721. The third-order valence-electron chi connectivity index (χ3n) is 3.90. The molecule has 0 bridgehead atoms. The van der Waals surface area contributed by atoms with Crippen LogP contribution in [0.4, 0.5) is 0 Å². The minimum absolute atomic E-state index is 0.0625. The Bertz CT molecular complexity index is 448. The van der Waals surface area contributed by atoms with Gasteiger partial charge in [-0.25, -0.2) is 0 Å². The van der Waals surface area contributed by atoms with Gasteiger partial charge < -0.3 is 10.5 Å². The summed E-state index contributed by atoms with van der Waals surface area (Å²) in [6, 6.07) is 3.80. The van der Waals surface area contributed by atoms with Gasteiger partial charge in [-0.2, -0.15) is 0 Å². The summed E-state index contributed by atoms with van der Waals surface area (Å²) >= 11 is 0. The number of nitrogens with two attached hydrogens (primary N) is 1. The number of benzene rings is 1. The minimum Gasteiger partial charge on any atom is -0.496 e. The lowest BCUT2D eigenvalue weighted by Crippen LogP contribution is -2.35. The second-order valence-corrected chi connectivity index (χ2v) is 5.04. The molecule has 0 aliphatic rings. The highest BCUT2D eigenvalue weighted by atomic mass is 16.5. The molecule has 3 nitrogen and oxygen atoms in total. The number of aryl methyl sites for hydroxylation is 1. The van der Waals surface area contributed by atoms with Crippen LogP contribution in [-0.2, 0) is 0 Å². The zero-order valence-corrected chi connectivity index (χ0v) is 12.0. The molecular weight excluding hydrogens is 226 g/mol. The van der Waals surface area contributed by atoms with Gasteiger partial charge in [0.2, 0.25) is 0 Å². The van der Waals surface area contributed by atoms with Crippen molar-refractivity contribution in [2.24, 2.45) is 11.1 Å². The molecule has 1 aromatic carbocycles. The predicted molar refractivity (Wildman–Crippen MR) is 74.3 cm³/mol. The van der Waals surface area contributed by atoms with E-state index in [1.165, 1.54) is 0 Å². The van der Waals surface area contributed by atoms with Crippen molar-refractivity contribution in [1.29, 1.82) is 0 Å². The van der Waals surface area contributed by atoms with Gasteiger partial charge in [0.1, 0.15) is 5.75 Å². The molecule has 100 valence electrons. The van der Waals surface area contributed by atoms with Crippen LogP contribution in [-0.4, -0.2) is 19.4 Å². The number of rotatable bonds is 5. The van der Waals surface area contributed by atoms with E-state index in [9.17, 15) is 4.79 Å². The Morgan fingerprint density at radius 2 is 2.00 bits per heavy atom. The molecule has 0 heterocycles. The SMILES string of the molecule is CCC(C)(CN)C(=O)c1ccc(C)c(C)c1OC. The molecule has 1 rings (SSSR count). The summed E-state index contributed by atoms with van der Waals surface area (Å²) in [7, 11) is 1.60. The van der Waals surface area contributed by atoms with Crippen molar-refractivity contribution in [2.75, 3.05) is 13.7 Å². The molecule has 0 saturated heterocycles. The van der Waals surface area contributed by atoms with Crippen LogP contribution in [0.1, 0.15) is 41.8 Å².